The second kappa shape index (κ2) is 9.31. The number of benzene rings is 1. The van der Waals surface area contributed by atoms with E-state index in [-0.39, 0.29) is 29.6 Å². The molecule has 1 aromatic heterocycles. The van der Waals surface area contributed by atoms with Gasteiger partial charge in [-0.3, -0.25) is 18.9 Å². The standard InChI is InChI=1S/C18H24N6O5S/c1-11-4-3-5-13(10-11)30(27,28)23-14-7-6-12(2)24(17(14)26)15(16(19)25)8-9-29-22-18(20)21/h3-7,10,15,23H,8-9H2,1-2H3,(H2,19,25)(H4,20,21,22). The Morgan fingerprint density at radius 1 is 1.20 bits per heavy atom. The van der Waals surface area contributed by atoms with Gasteiger partial charge in [-0.05, 0) is 48.8 Å². The van der Waals surface area contributed by atoms with E-state index < -0.39 is 27.5 Å². The summed E-state index contributed by atoms with van der Waals surface area (Å²) in [4.78, 5) is 29.8. The van der Waals surface area contributed by atoms with Crippen LogP contribution in [-0.4, -0.2) is 31.5 Å². The van der Waals surface area contributed by atoms with Gasteiger partial charge >= 0.3 is 0 Å². The lowest BCUT2D eigenvalue weighted by atomic mass is 10.1. The maximum absolute atomic E-state index is 13.0. The van der Waals surface area contributed by atoms with Crippen molar-refractivity contribution in [1.82, 2.24) is 4.57 Å². The van der Waals surface area contributed by atoms with Crippen molar-refractivity contribution in [3.63, 3.8) is 0 Å². The number of guanidine groups is 1. The molecule has 30 heavy (non-hydrogen) atoms. The molecule has 0 fully saturated rings. The SMILES string of the molecule is Cc1cccc(S(=O)(=O)Nc2ccc(C)n(C(CCON=C(N)N)C(N)=O)c2=O)c1. The van der Waals surface area contributed by atoms with Crippen molar-refractivity contribution in [2.24, 2.45) is 22.4 Å². The molecule has 1 atom stereocenters. The fraction of sp³-hybridized carbons (Fsp3) is 0.278. The Balaban J connectivity index is 2.39. The molecule has 162 valence electrons. The molecule has 0 aliphatic carbocycles. The molecule has 0 spiro atoms. The Kier molecular flexibility index (Phi) is 7.06. The van der Waals surface area contributed by atoms with Crippen LogP contribution in [0, 0.1) is 13.8 Å². The number of carbonyl (C=O) groups is 1. The number of oxime groups is 1. The van der Waals surface area contributed by atoms with Crippen molar-refractivity contribution >= 4 is 27.6 Å². The smallest absolute Gasteiger partial charge is 0.275 e. The van der Waals surface area contributed by atoms with Crippen LogP contribution in [-0.2, 0) is 19.7 Å². The molecule has 1 heterocycles. The predicted octanol–water partition coefficient (Wildman–Crippen LogP) is -0.113. The highest BCUT2D eigenvalue weighted by atomic mass is 32.2. The van der Waals surface area contributed by atoms with Crippen molar-refractivity contribution < 1.29 is 18.0 Å². The van der Waals surface area contributed by atoms with Crippen LogP contribution in [0.15, 0.2) is 51.2 Å². The van der Waals surface area contributed by atoms with E-state index in [1.165, 1.54) is 24.3 Å². The van der Waals surface area contributed by atoms with Gasteiger partial charge in [-0.1, -0.05) is 12.1 Å². The average Bonchev–Trinajstić information content (AvgIpc) is 2.65. The van der Waals surface area contributed by atoms with E-state index in [9.17, 15) is 18.0 Å². The van der Waals surface area contributed by atoms with E-state index in [4.69, 9.17) is 22.0 Å². The Hall–Kier alpha value is -3.54. The van der Waals surface area contributed by atoms with Crippen LogP contribution in [0.3, 0.4) is 0 Å². The molecule has 2 rings (SSSR count). The van der Waals surface area contributed by atoms with E-state index in [2.05, 4.69) is 9.88 Å². The summed E-state index contributed by atoms with van der Waals surface area (Å²) in [6, 6.07) is 7.96. The van der Waals surface area contributed by atoms with Crippen LogP contribution in [0.2, 0.25) is 0 Å². The lowest BCUT2D eigenvalue weighted by Gasteiger charge is -2.20. The normalized spacial score (nSPS) is 12.1. The summed E-state index contributed by atoms with van der Waals surface area (Å²) in [6.07, 6.45) is -0.0130. The zero-order valence-corrected chi connectivity index (χ0v) is 17.3. The molecular weight excluding hydrogens is 412 g/mol. The van der Waals surface area contributed by atoms with Gasteiger partial charge < -0.3 is 22.0 Å². The summed E-state index contributed by atoms with van der Waals surface area (Å²) in [5.74, 6) is -1.10. The number of carbonyl (C=O) groups excluding carboxylic acids is 1. The average molecular weight is 436 g/mol. The summed E-state index contributed by atoms with van der Waals surface area (Å²) in [6.45, 7) is 3.24. The van der Waals surface area contributed by atoms with Crippen molar-refractivity contribution in [3.8, 4) is 0 Å². The molecule has 0 saturated carbocycles. The van der Waals surface area contributed by atoms with Gasteiger partial charge in [0.1, 0.15) is 18.3 Å². The molecule has 2 aromatic rings. The highest BCUT2D eigenvalue weighted by molar-refractivity contribution is 7.92. The molecular formula is C18H24N6O5S. The maximum atomic E-state index is 13.0. The van der Waals surface area contributed by atoms with Gasteiger partial charge in [0, 0.05) is 12.1 Å². The Morgan fingerprint density at radius 2 is 1.90 bits per heavy atom. The van der Waals surface area contributed by atoms with Gasteiger partial charge in [-0.2, -0.15) is 0 Å². The number of amides is 1. The number of aromatic nitrogens is 1. The first-order valence-corrected chi connectivity index (χ1v) is 10.3. The zero-order valence-electron chi connectivity index (χ0n) is 16.5. The van der Waals surface area contributed by atoms with Crippen molar-refractivity contribution in [1.29, 1.82) is 0 Å². The summed E-state index contributed by atoms with van der Waals surface area (Å²) >= 11 is 0. The third-order valence-corrected chi connectivity index (χ3v) is 5.52. The van der Waals surface area contributed by atoms with Gasteiger partial charge in [-0.15, -0.1) is 0 Å². The van der Waals surface area contributed by atoms with Gasteiger partial charge in [0.05, 0.1) is 4.90 Å². The van der Waals surface area contributed by atoms with Gasteiger partial charge in [0.2, 0.25) is 11.9 Å². The minimum atomic E-state index is -4.01. The first kappa shape index (κ1) is 22.7. The van der Waals surface area contributed by atoms with E-state index in [1.807, 2.05) is 0 Å². The second-order valence-corrected chi connectivity index (χ2v) is 8.22. The number of hydrogen-bond donors (Lipinski definition) is 4. The maximum Gasteiger partial charge on any atom is 0.275 e. The molecule has 0 saturated heterocycles. The highest BCUT2D eigenvalue weighted by Crippen LogP contribution is 2.18. The molecule has 7 N–H and O–H groups in total. The van der Waals surface area contributed by atoms with Crippen LogP contribution >= 0.6 is 0 Å². The predicted molar refractivity (Wildman–Crippen MR) is 112 cm³/mol. The lowest BCUT2D eigenvalue weighted by molar-refractivity contribution is -0.121. The number of rotatable bonds is 9. The monoisotopic (exact) mass is 436 g/mol. The van der Waals surface area contributed by atoms with Gasteiger partial charge in [0.15, 0.2) is 0 Å². The Labute approximate surface area is 173 Å². The quantitative estimate of drug-likeness (QED) is 0.183. The minimum absolute atomic E-state index is 0.00566. The first-order valence-electron chi connectivity index (χ1n) is 8.85. The number of aryl methyl sites for hydroxylation is 2. The first-order chi connectivity index (χ1) is 14.0. The lowest BCUT2D eigenvalue weighted by Crippen LogP contribution is -2.37. The topological polar surface area (TPSA) is 185 Å². The molecule has 1 unspecified atom stereocenters. The third kappa shape index (κ3) is 5.50. The molecule has 0 bridgehead atoms. The fourth-order valence-electron chi connectivity index (χ4n) is 2.78. The molecule has 11 nitrogen and oxygen atoms in total. The van der Waals surface area contributed by atoms with Crippen molar-refractivity contribution in [2.45, 2.75) is 31.2 Å². The summed E-state index contributed by atoms with van der Waals surface area (Å²) in [7, 11) is -4.01. The van der Waals surface area contributed by atoms with Crippen molar-refractivity contribution in [2.75, 3.05) is 11.3 Å². The summed E-state index contributed by atoms with van der Waals surface area (Å²) < 4.78 is 28.7. The molecule has 12 heteroatoms. The number of pyridine rings is 1. The zero-order chi connectivity index (χ0) is 22.5. The molecule has 0 radical (unpaired) electrons. The Morgan fingerprint density at radius 3 is 2.50 bits per heavy atom. The van der Waals surface area contributed by atoms with Gasteiger partial charge in [-0.25, -0.2) is 8.42 Å². The molecule has 0 aliphatic rings. The van der Waals surface area contributed by atoms with E-state index >= 15 is 0 Å². The van der Waals surface area contributed by atoms with Crippen LogP contribution in [0.4, 0.5) is 5.69 Å². The van der Waals surface area contributed by atoms with E-state index in [0.717, 1.165) is 10.1 Å². The molecule has 1 amide bonds. The van der Waals surface area contributed by atoms with E-state index in [1.54, 1.807) is 26.0 Å². The number of nitrogens with zero attached hydrogens (tertiary/aromatic N) is 2. The Bertz CT molecular complexity index is 1120. The summed E-state index contributed by atoms with van der Waals surface area (Å²) in [5.41, 5.74) is 16.0. The number of anilines is 1. The molecule has 1 aromatic carbocycles. The van der Waals surface area contributed by atoms with Crippen LogP contribution in [0.1, 0.15) is 23.7 Å². The van der Waals surface area contributed by atoms with Crippen LogP contribution < -0.4 is 27.5 Å². The van der Waals surface area contributed by atoms with E-state index in [0.29, 0.717) is 5.69 Å². The highest BCUT2D eigenvalue weighted by Gasteiger charge is 2.24. The van der Waals surface area contributed by atoms with Crippen LogP contribution in [0.5, 0.6) is 0 Å². The minimum Gasteiger partial charge on any atom is -0.393 e. The second-order valence-electron chi connectivity index (χ2n) is 6.54. The van der Waals surface area contributed by atoms with Crippen molar-refractivity contribution in [3.05, 3.63) is 58.0 Å². The largest absolute Gasteiger partial charge is 0.393 e. The van der Waals surface area contributed by atoms with Crippen LogP contribution in [0.25, 0.3) is 0 Å². The fourth-order valence-corrected chi connectivity index (χ4v) is 3.94. The number of hydrogen-bond acceptors (Lipinski definition) is 6. The summed E-state index contributed by atoms with van der Waals surface area (Å²) in [5, 5.41) is 3.34. The number of sulfonamides is 1. The molecule has 0 aliphatic heterocycles. The number of nitrogens with two attached hydrogens (primary N) is 3. The van der Waals surface area contributed by atoms with Gasteiger partial charge in [0.25, 0.3) is 15.6 Å². The third-order valence-electron chi connectivity index (χ3n) is 4.16. The number of primary amides is 1. The number of nitrogens with one attached hydrogen (secondary N) is 1.